The number of fused-ring (bicyclic) bond motifs is 1. The monoisotopic (exact) mass is 375 g/mol. The number of methoxy groups -OCH3 is 1. The second kappa shape index (κ2) is 7.61. The van der Waals surface area contributed by atoms with Crippen LogP contribution in [0.25, 0.3) is 0 Å². The zero-order valence-corrected chi connectivity index (χ0v) is 14.9. The highest BCUT2D eigenvalue weighted by atomic mass is 19.1. The first kappa shape index (κ1) is 18.6. The lowest BCUT2D eigenvalue weighted by Gasteiger charge is -2.28. The molecular weight excluding hydrogens is 356 g/mol. The summed E-state index contributed by atoms with van der Waals surface area (Å²) in [6.07, 6.45) is 0.145. The summed E-state index contributed by atoms with van der Waals surface area (Å²) in [6, 6.07) is 8.73. The lowest BCUT2D eigenvalue weighted by atomic mass is 10.1. The number of ether oxygens (including phenoxy) is 1. The van der Waals surface area contributed by atoms with E-state index in [1.165, 1.54) is 12.0 Å². The molecule has 0 fully saturated rings. The molecule has 27 heavy (non-hydrogen) atoms. The first-order valence-electron chi connectivity index (χ1n) is 8.38. The van der Waals surface area contributed by atoms with Gasteiger partial charge in [0.15, 0.2) is 17.4 Å². The van der Waals surface area contributed by atoms with Crippen LogP contribution in [0.5, 0.6) is 5.75 Å². The molecule has 2 amide bonds. The van der Waals surface area contributed by atoms with Gasteiger partial charge in [0.1, 0.15) is 0 Å². The lowest BCUT2D eigenvalue weighted by molar-refractivity contribution is -0.118. The van der Waals surface area contributed by atoms with Crippen LogP contribution in [-0.4, -0.2) is 31.5 Å². The number of rotatable bonds is 4. The molecule has 1 aliphatic rings. The predicted octanol–water partition coefficient (Wildman–Crippen LogP) is 3.15. The van der Waals surface area contributed by atoms with Crippen LogP contribution < -0.4 is 20.3 Å². The Labute approximate surface area is 155 Å². The van der Waals surface area contributed by atoms with Crippen molar-refractivity contribution in [2.45, 2.75) is 19.4 Å². The maximum absolute atomic E-state index is 13.8. The highest BCUT2D eigenvalue weighted by Crippen LogP contribution is 2.31. The molecule has 1 atom stereocenters. The van der Waals surface area contributed by atoms with Crippen molar-refractivity contribution >= 4 is 28.9 Å². The molecular formula is C19H19F2N3O3. The molecule has 0 unspecified atom stereocenters. The van der Waals surface area contributed by atoms with Crippen molar-refractivity contribution in [1.82, 2.24) is 0 Å². The van der Waals surface area contributed by atoms with E-state index >= 15 is 0 Å². The van der Waals surface area contributed by atoms with Crippen LogP contribution in [0.15, 0.2) is 36.4 Å². The van der Waals surface area contributed by atoms with E-state index in [1.54, 1.807) is 31.2 Å². The van der Waals surface area contributed by atoms with Crippen LogP contribution in [-0.2, 0) is 9.59 Å². The molecule has 0 saturated carbocycles. The summed E-state index contributed by atoms with van der Waals surface area (Å²) in [7, 11) is 1.17. The van der Waals surface area contributed by atoms with Crippen LogP contribution >= 0.6 is 0 Å². The smallest absolute Gasteiger partial charge is 0.246 e. The maximum Gasteiger partial charge on any atom is 0.246 e. The summed E-state index contributed by atoms with van der Waals surface area (Å²) < 4.78 is 32.2. The van der Waals surface area contributed by atoms with E-state index in [9.17, 15) is 18.4 Å². The third-order valence-corrected chi connectivity index (χ3v) is 4.27. The molecule has 1 heterocycles. The van der Waals surface area contributed by atoms with Crippen molar-refractivity contribution in [3.8, 4) is 5.75 Å². The fourth-order valence-electron chi connectivity index (χ4n) is 3.09. The minimum Gasteiger partial charge on any atom is -0.491 e. The summed E-state index contributed by atoms with van der Waals surface area (Å²) in [5.74, 6) is -2.72. The maximum atomic E-state index is 13.8. The van der Waals surface area contributed by atoms with Gasteiger partial charge < -0.3 is 20.3 Å². The Balaban J connectivity index is 1.80. The Bertz CT molecular complexity index is 865. The van der Waals surface area contributed by atoms with E-state index in [0.29, 0.717) is 11.4 Å². The highest BCUT2D eigenvalue weighted by molar-refractivity contribution is 6.05. The minimum atomic E-state index is -0.865. The van der Waals surface area contributed by atoms with Gasteiger partial charge >= 0.3 is 0 Å². The number of benzene rings is 2. The Morgan fingerprint density at radius 2 is 1.96 bits per heavy atom. The normalized spacial score (nSPS) is 16.2. The van der Waals surface area contributed by atoms with Crippen molar-refractivity contribution in [2.75, 3.05) is 29.2 Å². The van der Waals surface area contributed by atoms with Crippen LogP contribution in [0.4, 0.5) is 25.8 Å². The minimum absolute atomic E-state index is 0.115. The average molecular weight is 375 g/mol. The van der Waals surface area contributed by atoms with E-state index in [2.05, 4.69) is 15.4 Å². The van der Waals surface area contributed by atoms with Gasteiger partial charge in [0.05, 0.1) is 25.0 Å². The Morgan fingerprint density at radius 1 is 1.30 bits per heavy atom. The third kappa shape index (κ3) is 3.84. The van der Waals surface area contributed by atoms with Crippen molar-refractivity contribution < 1.29 is 23.1 Å². The molecule has 2 aromatic carbocycles. The number of hydrogen-bond donors (Lipinski definition) is 2. The standard InChI is InChI=1S/C19H19F2N3O3/c1-11-7-17(25)23-15-5-3-4-6-16(15)24(11)18(26)10-22-12-8-13(20)19(27-2)14(21)9-12/h3-6,8-9,11,22H,7,10H2,1-2H3,(H,23,25)/t11-/m0/s1. The van der Waals surface area contributed by atoms with Crippen molar-refractivity contribution in [3.63, 3.8) is 0 Å². The number of anilines is 3. The molecule has 0 spiro atoms. The molecule has 3 rings (SSSR count). The fraction of sp³-hybridized carbons (Fsp3) is 0.263. The number of halogens is 2. The van der Waals surface area contributed by atoms with Gasteiger partial charge in [0, 0.05) is 30.3 Å². The molecule has 0 aliphatic carbocycles. The highest BCUT2D eigenvalue weighted by Gasteiger charge is 2.29. The second-order valence-corrected chi connectivity index (χ2v) is 6.21. The zero-order valence-electron chi connectivity index (χ0n) is 14.9. The number of nitrogens with one attached hydrogen (secondary N) is 2. The second-order valence-electron chi connectivity index (χ2n) is 6.21. The number of carbonyl (C=O) groups is 2. The van der Waals surface area contributed by atoms with E-state index in [4.69, 9.17) is 0 Å². The number of para-hydroxylation sites is 2. The quantitative estimate of drug-likeness (QED) is 0.861. The van der Waals surface area contributed by atoms with Crippen LogP contribution in [0, 0.1) is 11.6 Å². The lowest BCUT2D eigenvalue weighted by Crippen LogP contribution is -2.42. The van der Waals surface area contributed by atoms with Crippen LogP contribution in [0.1, 0.15) is 13.3 Å². The van der Waals surface area contributed by atoms with Gasteiger partial charge in [-0.05, 0) is 19.1 Å². The van der Waals surface area contributed by atoms with Gasteiger partial charge in [-0.15, -0.1) is 0 Å². The third-order valence-electron chi connectivity index (χ3n) is 4.27. The van der Waals surface area contributed by atoms with Crippen molar-refractivity contribution in [2.24, 2.45) is 0 Å². The van der Waals surface area contributed by atoms with Crippen molar-refractivity contribution in [1.29, 1.82) is 0 Å². The van der Waals surface area contributed by atoms with Crippen LogP contribution in [0.2, 0.25) is 0 Å². The van der Waals surface area contributed by atoms with Gasteiger partial charge in [-0.1, -0.05) is 12.1 Å². The molecule has 0 bridgehead atoms. The zero-order chi connectivity index (χ0) is 19.6. The molecule has 1 aliphatic heterocycles. The number of hydrogen-bond acceptors (Lipinski definition) is 4. The first-order chi connectivity index (χ1) is 12.9. The molecule has 2 aromatic rings. The molecule has 0 radical (unpaired) electrons. The molecule has 0 saturated heterocycles. The van der Waals surface area contributed by atoms with Gasteiger partial charge in [-0.3, -0.25) is 9.59 Å². The molecule has 8 heteroatoms. The Morgan fingerprint density at radius 3 is 2.63 bits per heavy atom. The van der Waals surface area contributed by atoms with Gasteiger partial charge in [0.2, 0.25) is 11.8 Å². The molecule has 6 nitrogen and oxygen atoms in total. The Hall–Kier alpha value is -3.16. The number of carbonyl (C=O) groups excluding carboxylic acids is 2. The van der Waals surface area contributed by atoms with Gasteiger partial charge in [0.25, 0.3) is 0 Å². The summed E-state index contributed by atoms with van der Waals surface area (Å²) >= 11 is 0. The largest absolute Gasteiger partial charge is 0.491 e. The first-order valence-corrected chi connectivity index (χ1v) is 8.38. The molecule has 2 N–H and O–H groups in total. The average Bonchev–Trinajstić information content (AvgIpc) is 2.73. The Kier molecular flexibility index (Phi) is 5.25. The van der Waals surface area contributed by atoms with Gasteiger partial charge in [-0.2, -0.15) is 0 Å². The summed E-state index contributed by atoms with van der Waals surface area (Å²) in [6.45, 7) is 1.57. The topological polar surface area (TPSA) is 70.7 Å². The van der Waals surface area contributed by atoms with Gasteiger partial charge in [-0.25, -0.2) is 8.78 Å². The van der Waals surface area contributed by atoms with E-state index in [1.807, 2.05) is 0 Å². The van der Waals surface area contributed by atoms with E-state index < -0.39 is 17.4 Å². The summed E-state index contributed by atoms with van der Waals surface area (Å²) in [4.78, 5) is 26.3. The SMILES string of the molecule is COc1c(F)cc(NCC(=O)N2c3ccccc3NC(=O)C[C@@H]2C)cc1F. The predicted molar refractivity (Wildman–Crippen MR) is 98.0 cm³/mol. The van der Waals surface area contributed by atoms with Crippen LogP contribution in [0.3, 0.4) is 0 Å². The summed E-state index contributed by atoms with van der Waals surface area (Å²) in [5, 5.41) is 5.50. The molecule has 0 aromatic heterocycles. The van der Waals surface area contributed by atoms with E-state index in [-0.39, 0.29) is 36.5 Å². The van der Waals surface area contributed by atoms with Crippen molar-refractivity contribution in [3.05, 3.63) is 48.0 Å². The molecule has 142 valence electrons. The number of nitrogens with zero attached hydrogens (tertiary/aromatic N) is 1. The summed E-state index contributed by atoms with van der Waals surface area (Å²) in [5.41, 5.74) is 1.24. The number of amides is 2. The fourth-order valence-corrected chi connectivity index (χ4v) is 3.09. The van der Waals surface area contributed by atoms with E-state index in [0.717, 1.165) is 12.1 Å².